The van der Waals surface area contributed by atoms with Crippen LogP contribution < -0.4 is 5.32 Å². The van der Waals surface area contributed by atoms with Gasteiger partial charge in [0.05, 0.1) is 30.8 Å². The van der Waals surface area contributed by atoms with E-state index in [-0.39, 0.29) is 47.5 Å². The monoisotopic (exact) mass is 1030 g/mol. The summed E-state index contributed by atoms with van der Waals surface area (Å²) in [5.41, 5.74) is -6.75. The van der Waals surface area contributed by atoms with Gasteiger partial charge in [-0.3, -0.25) is 18.9 Å². The molecule has 4 aliphatic rings. The highest BCUT2D eigenvalue weighted by Gasteiger charge is 2.77. The molecule has 3 fully saturated rings. The first-order valence-electron chi connectivity index (χ1n) is 23.5. The second-order valence-corrected chi connectivity index (χ2v) is 20.4. The zero-order chi connectivity index (χ0) is 53.3. The average molecular weight is 1030 g/mol. The van der Waals surface area contributed by atoms with Gasteiger partial charge in [-0.15, -0.1) is 0 Å². The van der Waals surface area contributed by atoms with Crippen molar-refractivity contribution >= 4 is 43.8 Å². The van der Waals surface area contributed by atoms with E-state index >= 15 is 4.79 Å². The minimum Gasteiger partial charge on any atom is -0.455 e. The minimum atomic E-state index is -5.13. The second kappa shape index (κ2) is 21.3. The standard InChI is InChI=1S/C52H60NO19P/c1-9-64-48(59)70-42(40(33-19-13-10-14-20-33)53-45(56)34-21-15-11-16-22-34)47(58)69-36-26-52(60)44(71-46(57)35-23-17-12-18-24-35)43-50(8,30(3)41(68-31(4)54)39(29(36)2)49(52,6)7)37(66-28-67-73(61,62)63)25-38-51(43,27-65-38)72-32(5)55/h10-24,36-38,40-44,60H,3,9,25-28H2,1-2,4-8H3,(H,53,56)(H2,61,62,63)/t36-,37-,38+,40-,41-,42+,43-,44-,50+,51-,52+/m0/s1. The van der Waals surface area contributed by atoms with E-state index < -0.39 is 128 Å². The lowest BCUT2D eigenvalue weighted by Gasteiger charge is -2.69. The van der Waals surface area contributed by atoms with Crippen molar-refractivity contribution in [2.75, 3.05) is 20.0 Å². The number of ether oxygens (including phenoxy) is 8. The summed E-state index contributed by atoms with van der Waals surface area (Å²) in [5, 5.41) is 16.9. The molecule has 21 heteroatoms. The van der Waals surface area contributed by atoms with Gasteiger partial charge in [-0.25, -0.2) is 18.9 Å². The normalized spacial score (nSPS) is 28.9. The van der Waals surface area contributed by atoms with Crippen LogP contribution in [0.4, 0.5) is 4.79 Å². The van der Waals surface area contributed by atoms with Gasteiger partial charge in [-0.1, -0.05) is 94.1 Å². The molecule has 2 saturated carbocycles. The number of phosphoric acid groups is 1. The molecule has 3 aliphatic carbocycles. The summed E-state index contributed by atoms with van der Waals surface area (Å²) in [7, 11) is -5.13. The number of hydrogen-bond donors (Lipinski definition) is 4. The van der Waals surface area contributed by atoms with Crippen LogP contribution >= 0.6 is 7.82 Å². The van der Waals surface area contributed by atoms with Gasteiger partial charge in [0.2, 0.25) is 6.10 Å². The summed E-state index contributed by atoms with van der Waals surface area (Å²) < 4.78 is 65.2. The molecule has 20 nitrogen and oxygen atoms in total. The van der Waals surface area contributed by atoms with Gasteiger partial charge in [0.15, 0.2) is 12.4 Å². The summed E-state index contributed by atoms with van der Waals surface area (Å²) in [6.07, 6.45) is -11.3. The number of hydrogen-bond acceptors (Lipinski definition) is 17. The van der Waals surface area contributed by atoms with Crippen molar-refractivity contribution in [2.24, 2.45) is 16.7 Å². The summed E-state index contributed by atoms with van der Waals surface area (Å²) >= 11 is 0. The maximum atomic E-state index is 15.1. The number of amides is 1. The van der Waals surface area contributed by atoms with Crippen LogP contribution in [-0.4, -0.2) is 119 Å². The van der Waals surface area contributed by atoms with Crippen LogP contribution in [-0.2, 0) is 61.4 Å². The minimum absolute atomic E-state index is 0.0271. The third-order valence-corrected chi connectivity index (χ3v) is 15.1. The number of phosphoric ester groups is 1. The molecule has 11 atom stereocenters. The predicted octanol–water partition coefficient (Wildman–Crippen LogP) is 5.99. The fourth-order valence-electron chi connectivity index (χ4n) is 11.1. The zero-order valence-corrected chi connectivity index (χ0v) is 42.2. The van der Waals surface area contributed by atoms with Gasteiger partial charge < -0.3 is 58.1 Å². The molecule has 1 saturated heterocycles. The smallest absolute Gasteiger partial charge is 0.455 e. The number of aliphatic hydroxyl groups is 1. The van der Waals surface area contributed by atoms with Gasteiger partial charge in [0, 0.05) is 43.1 Å². The van der Waals surface area contributed by atoms with Gasteiger partial charge >= 0.3 is 37.9 Å². The van der Waals surface area contributed by atoms with Crippen LogP contribution in [0.3, 0.4) is 0 Å². The number of esters is 4. The van der Waals surface area contributed by atoms with Crippen molar-refractivity contribution < 1.29 is 90.6 Å². The predicted molar refractivity (Wildman–Crippen MR) is 255 cm³/mol. The van der Waals surface area contributed by atoms with Crippen molar-refractivity contribution in [3.63, 3.8) is 0 Å². The molecule has 73 heavy (non-hydrogen) atoms. The first-order chi connectivity index (χ1) is 34.4. The van der Waals surface area contributed by atoms with Crippen LogP contribution in [0.15, 0.2) is 114 Å². The lowest BCUT2D eigenvalue weighted by atomic mass is 9.44. The van der Waals surface area contributed by atoms with E-state index in [9.17, 15) is 43.4 Å². The van der Waals surface area contributed by atoms with Gasteiger partial charge in [0.1, 0.15) is 36.1 Å². The maximum Gasteiger partial charge on any atom is 0.509 e. The van der Waals surface area contributed by atoms with Crippen LogP contribution in [0.25, 0.3) is 0 Å². The molecule has 0 spiro atoms. The molecule has 3 aromatic rings. The van der Waals surface area contributed by atoms with Crippen molar-refractivity contribution in [2.45, 2.75) is 115 Å². The van der Waals surface area contributed by atoms with E-state index in [2.05, 4.69) is 11.9 Å². The van der Waals surface area contributed by atoms with Gasteiger partial charge in [-0.05, 0) is 60.4 Å². The summed E-state index contributed by atoms with van der Waals surface area (Å²) in [6.45, 7) is 13.2. The van der Waals surface area contributed by atoms with Crippen LogP contribution in [0.1, 0.15) is 93.6 Å². The molecular weight excluding hydrogens is 974 g/mol. The lowest BCUT2D eigenvalue weighted by molar-refractivity contribution is -0.351. The Bertz CT molecular complexity index is 2670. The molecular formula is C52H60NO19P. The van der Waals surface area contributed by atoms with Crippen molar-refractivity contribution in [3.05, 3.63) is 131 Å². The van der Waals surface area contributed by atoms with Gasteiger partial charge in [0.25, 0.3) is 5.91 Å². The fourth-order valence-corrected chi connectivity index (χ4v) is 11.3. The molecule has 2 bridgehead atoms. The summed E-state index contributed by atoms with van der Waals surface area (Å²) in [5.74, 6) is -5.94. The number of fused-ring (bicyclic) bond motifs is 5. The third kappa shape index (κ3) is 10.6. The molecule has 1 amide bonds. The Morgan fingerprint density at radius 3 is 2.01 bits per heavy atom. The number of carbonyl (C=O) groups excluding carboxylic acids is 6. The van der Waals surface area contributed by atoms with Crippen molar-refractivity contribution in [1.29, 1.82) is 0 Å². The Morgan fingerprint density at radius 2 is 1.47 bits per heavy atom. The Kier molecular flexibility index (Phi) is 15.9. The molecule has 0 radical (unpaired) electrons. The Morgan fingerprint density at radius 1 is 0.863 bits per heavy atom. The molecule has 1 aliphatic heterocycles. The summed E-state index contributed by atoms with van der Waals surface area (Å²) in [4.78, 5) is 103. The van der Waals surface area contributed by atoms with Crippen LogP contribution in [0.2, 0.25) is 0 Å². The van der Waals surface area contributed by atoms with E-state index in [4.69, 9.17) is 42.4 Å². The van der Waals surface area contributed by atoms with E-state index in [1.165, 1.54) is 19.1 Å². The highest BCUT2D eigenvalue weighted by atomic mass is 31.2. The highest BCUT2D eigenvalue weighted by Crippen LogP contribution is 2.67. The maximum absolute atomic E-state index is 15.1. The second-order valence-electron chi connectivity index (χ2n) is 19.2. The SMILES string of the molecule is C=C1[C@H](OC(C)=O)C2=C(C)[C@@H](OC(=O)[C@H](OC(=O)OCC)[C@@H](NC(=O)c3ccccc3)c3ccccc3)C[C@@](O)([C@@H](OC(=O)c3ccccc3)[C@@H]3[C@]4(OC(C)=O)CO[C@@H]4C[C@H](OCOP(=O)(O)O)[C@@]13C)C2(C)C. The number of rotatable bonds is 16. The van der Waals surface area contributed by atoms with Gasteiger partial charge in [-0.2, -0.15) is 0 Å². The van der Waals surface area contributed by atoms with Crippen LogP contribution in [0.5, 0.6) is 0 Å². The highest BCUT2D eigenvalue weighted by molar-refractivity contribution is 7.46. The molecule has 392 valence electrons. The fraction of sp³-hybridized carbons (Fsp3) is 0.462. The Hall–Kier alpha value is -6.25. The molecule has 0 unspecified atom stereocenters. The first kappa shape index (κ1) is 54.5. The van der Waals surface area contributed by atoms with Crippen molar-refractivity contribution in [1.82, 2.24) is 5.32 Å². The molecule has 1 heterocycles. The average Bonchev–Trinajstić information content (AvgIpc) is 3.33. The lowest BCUT2D eigenvalue weighted by Crippen LogP contribution is -2.80. The van der Waals surface area contributed by atoms with Crippen LogP contribution in [0, 0.1) is 16.7 Å². The van der Waals surface area contributed by atoms with E-state index in [0.29, 0.717) is 5.56 Å². The van der Waals surface area contributed by atoms with Crippen molar-refractivity contribution in [3.8, 4) is 0 Å². The summed E-state index contributed by atoms with van der Waals surface area (Å²) in [6, 6.07) is 22.6. The molecule has 4 N–H and O–H groups in total. The quantitative estimate of drug-likeness (QED) is 0.0421. The topological polar surface area (TPSA) is 275 Å². The largest absolute Gasteiger partial charge is 0.509 e. The van der Waals surface area contributed by atoms with E-state index in [1.807, 2.05) is 0 Å². The number of carbonyl (C=O) groups is 6. The molecule has 3 aromatic carbocycles. The number of benzene rings is 3. The number of nitrogens with one attached hydrogen (secondary N) is 1. The first-order valence-corrected chi connectivity index (χ1v) is 25.1. The van der Waals surface area contributed by atoms with E-state index in [1.54, 1.807) is 107 Å². The molecule has 7 rings (SSSR count). The third-order valence-electron chi connectivity index (χ3n) is 14.6. The van der Waals surface area contributed by atoms with E-state index in [0.717, 1.165) is 13.8 Å². The Balaban J connectivity index is 1.45. The Labute approximate surface area is 421 Å². The molecule has 0 aromatic heterocycles. The zero-order valence-electron chi connectivity index (χ0n) is 41.3.